The number of fused-ring (bicyclic) bond motifs is 1. The molecule has 1 atom stereocenters. The van der Waals surface area contributed by atoms with E-state index in [1.807, 2.05) is 0 Å². The standard InChI is InChI=1S/C13H13F3N4/c14-8-4-9(15)12(10(16)5-8)13-19-18-11-3-7(6-17)1-2-20(11)13/h4-5,7H,1-3,6,17H2. The fourth-order valence-electron chi connectivity index (χ4n) is 2.54. The number of nitrogens with two attached hydrogens (primary N) is 1. The molecule has 0 bridgehead atoms. The van der Waals surface area contributed by atoms with Crippen LogP contribution in [0.5, 0.6) is 0 Å². The Morgan fingerprint density at radius 3 is 2.55 bits per heavy atom. The molecule has 1 aliphatic rings. The van der Waals surface area contributed by atoms with Crippen LogP contribution in [0.2, 0.25) is 0 Å². The van der Waals surface area contributed by atoms with Crippen LogP contribution in [0.15, 0.2) is 12.1 Å². The zero-order chi connectivity index (χ0) is 14.3. The van der Waals surface area contributed by atoms with Gasteiger partial charge in [0.1, 0.15) is 23.3 Å². The Hall–Kier alpha value is -1.89. The number of hydrogen-bond donors (Lipinski definition) is 1. The second kappa shape index (κ2) is 4.90. The topological polar surface area (TPSA) is 56.7 Å². The normalized spacial score (nSPS) is 18.1. The Morgan fingerprint density at radius 2 is 1.90 bits per heavy atom. The predicted molar refractivity (Wildman–Crippen MR) is 66.2 cm³/mol. The Kier molecular flexibility index (Phi) is 3.21. The average Bonchev–Trinajstić information content (AvgIpc) is 2.80. The highest BCUT2D eigenvalue weighted by Gasteiger charge is 2.26. The summed E-state index contributed by atoms with van der Waals surface area (Å²) in [6, 6.07) is 1.29. The molecule has 1 unspecified atom stereocenters. The van der Waals surface area contributed by atoms with Gasteiger partial charge in [-0.05, 0) is 18.9 Å². The molecule has 1 aromatic heterocycles. The molecule has 0 radical (unpaired) electrons. The summed E-state index contributed by atoms with van der Waals surface area (Å²) in [7, 11) is 0. The van der Waals surface area contributed by atoms with E-state index in [9.17, 15) is 13.2 Å². The molecule has 106 valence electrons. The molecule has 7 heteroatoms. The summed E-state index contributed by atoms with van der Waals surface area (Å²) in [4.78, 5) is 0. The van der Waals surface area contributed by atoms with Crippen molar-refractivity contribution >= 4 is 0 Å². The van der Waals surface area contributed by atoms with Gasteiger partial charge in [0.15, 0.2) is 5.82 Å². The molecule has 2 N–H and O–H groups in total. The summed E-state index contributed by atoms with van der Waals surface area (Å²) in [5, 5.41) is 7.82. The number of nitrogens with zero attached hydrogens (tertiary/aromatic N) is 3. The molecular weight excluding hydrogens is 269 g/mol. The zero-order valence-corrected chi connectivity index (χ0v) is 10.6. The molecule has 0 amide bonds. The third-order valence-corrected chi connectivity index (χ3v) is 3.62. The van der Waals surface area contributed by atoms with Crippen molar-refractivity contribution in [1.29, 1.82) is 0 Å². The van der Waals surface area contributed by atoms with Crippen LogP contribution in [0.1, 0.15) is 12.2 Å². The maximum atomic E-state index is 13.8. The summed E-state index contributed by atoms with van der Waals surface area (Å²) in [5.74, 6) is -1.83. The fraction of sp³-hybridized carbons (Fsp3) is 0.385. The Bertz CT molecular complexity index is 630. The van der Waals surface area contributed by atoms with Gasteiger partial charge < -0.3 is 10.3 Å². The SMILES string of the molecule is NCC1CCn2c(nnc2-c2c(F)cc(F)cc2F)C1. The molecule has 20 heavy (non-hydrogen) atoms. The van der Waals surface area contributed by atoms with Crippen molar-refractivity contribution in [2.75, 3.05) is 6.54 Å². The fourth-order valence-corrected chi connectivity index (χ4v) is 2.54. The molecule has 1 aliphatic heterocycles. The van der Waals surface area contributed by atoms with Gasteiger partial charge in [0.25, 0.3) is 0 Å². The number of rotatable bonds is 2. The maximum absolute atomic E-state index is 13.8. The van der Waals surface area contributed by atoms with Gasteiger partial charge in [-0.25, -0.2) is 13.2 Å². The molecule has 0 aliphatic carbocycles. The first kappa shape index (κ1) is 13.1. The minimum Gasteiger partial charge on any atom is -0.330 e. The van der Waals surface area contributed by atoms with Crippen LogP contribution >= 0.6 is 0 Å². The Morgan fingerprint density at radius 1 is 1.20 bits per heavy atom. The van der Waals surface area contributed by atoms with Gasteiger partial charge in [-0.3, -0.25) is 0 Å². The molecule has 3 rings (SSSR count). The van der Waals surface area contributed by atoms with Crippen molar-refractivity contribution in [3.63, 3.8) is 0 Å². The molecule has 2 aromatic rings. The van der Waals surface area contributed by atoms with Gasteiger partial charge in [0.05, 0.1) is 5.56 Å². The lowest BCUT2D eigenvalue weighted by Crippen LogP contribution is -2.26. The van der Waals surface area contributed by atoms with Crippen molar-refractivity contribution in [2.24, 2.45) is 11.7 Å². The highest BCUT2D eigenvalue weighted by molar-refractivity contribution is 5.57. The predicted octanol–water partition coefficient (Wildman–Crippen LogP) is 1.88. The first-order valence-electron chi connectivity index (χ1n) is 6.37. The smallest absolute Gasteiger partial charge is 0.169 e. The second-order valence-electron chi connectivity index (χ2n) is 4.93. The van der Waals surface area contributed by atoms with E-state index in [0.717, 1.165) is 6.42 Å². The largest absolute Gasteiger partial charge is 0.330 e. The zero-order valence-electron chi connectivity index (χ0n) is 10.6. The van der Waals surface area contributed by atoms with E-state index < -0.39 is 17.5 Å². The summed E-state index contributed by atoms with van der Waals surface area (Å²) in [6.07, 6.45) is 1.44. The number of aromatic nitrogens is 3. The molecule has 0 saturated carbocycles. The van der Waals surface area contributed by atoms with Crippen molar-refractivity contribution < 1.29 is 13.2 Å². The Balaban J connectivity index is 2.07. The van der Waals surface area contributed by atoms with E-state index in [4.69, 9.17) is 5.73 Å². The minimum atomic E-state index is -0.973. The van der Waals surface area contributed by atoms with Crippen LogP contribution in [0.3, 0.4) is 0 Å². The van der Waals surface area contributed by atoms with E-state index in [-0.39, 0.29) is 11.4 Å². The third-order valence-electron chi connectivity index (χ3n) is 3.62. The van der Waals surface area contributed by atoms with Gasteiger partial charge in [-0.1, -0.05) is 0 Å². The van der Waals surface area contributed by atoms with Crippen LogP contribution in [-0.2, 0) is 13.0 Å². The van der Waals surface area contributed by atoms with E-state index in [0.29, 0.717) is 43.4 Å². The molecular formula is C13H13F3N4. The third kappa shape index (κ3) is 2.07. The molecule has 2 heterocycles. The van der Waals surface area contributed by atoms with Crippen LogP contribution < -0.4 is 5.73 Å². The number of benzene rings is 1. The lowest BCUT2D eigenvalue weighted by molar-refractivity contribution is 0.390. The van der Waals surface area contributed by atoms with E-state index in [2.05, 4.69) is 10.2 Å². The lowest BCUT2D eigenvalue weighted by Gasteiger charge is -2.22. The van der Waals surface area contributed by atoms with Crippen molar-refractivity contribution in [2.45, 2.75) is 19.4 Å². The highest BCUT2D eigenvalue weighted by Crippen LogP contribution is 2.29. The van der Waals surface area contributed by atoms with Crippen LogP contribution in [0.25, 0.3) is 11.4 Å². The summed E-state index contributed by atoms with van der Waals surface area (Å²) < 4.78 is 42.2. The Labute approximate surface area is 113 Å². The minimum absolute atomic E-state index is 0.102. The van der Waals surface area contributed by atoms with Crippen LogP contribution in [0.4, 0.5) is 13.2 Å². The van der Waals surface area contributed by atoms with Gasteiger partial charge in [0.2, 0.25) is 0 Å². The number of halogens is 3. The monoisotopic (exact) mass is 282 g/mol. The van der Waals surface area contributed by atoms with Crippen molar-refractivity contribution in [3.8, 4) is 11.4 Å². The average molecular weight is 282 g/mol. The maximum Gasteiger partial charge on any atom is 0.169 e. The quantitative estimate of drug-likeness (QED) is 0.915. The van der Waals surface area contributed by atoms with Crippen LogP contribution in [-0.4, -0.2) is 21.3 Å². The van der Waals surface area contributed by atoms with E-state index in [1.54, 1.807) is 4.57 Å². The molecule has 0 spiro atoms. The highest BCUT2D eigenvalue weighted by atomic mass is 19.1. The number of hydrogen-bond acceptors (Lipinski definition) is 3. The van der Waals surface area contributed by atoms with Crippen molar-refractivity contribution in [3.05, 3.63) is 35.4 Å². The lowest BCUT2D eigenvalue weighted by atomic mass is 9.98. The summed E-state index contributed by atoms with van der Waals surface area (Å²) >= 11 is 0. The van der Waals surface area contributed by atoms with E-state index >= 15 is 0 Å². The van der Waals surface area contributed by atoms with E-state index in [1.165, 1.54) is 0 Å². The van der Waals surface area contributed by atoms with Gasteiger partial charge >= 0.3 is 0 Å². The van der Waals surface area contributed by atoms with Crippen LogP contribution in [0, 0.1) is 23.4 Å². The molecule has 0 saturated heterocycles. The molecule has 1 aromatic carbocycles. The van der Waals surface area contributed by atoms with Gasteiger partial charge in [0, 0.05) is 25.1 Å². The van der Waals surface area contributed by atoms with Gasteiger partial charge in [-0.15, -0.1) is 10.2 Å². The molecule has 4 nitrogen and oxygen atoms in total. The van der Waals surface area contributed by atoms with Crippen molar-refractivity contribution in [1.82, 2.24) is 14.8 Å². The molecule has 0 fully saturated rings. The first-order valence-corrected chi connectivity index (χ1v) is 6.37. The summed E-state index contributed by atoms with van der Waals surface area (Å²) in [5.41, 5.74) is 5.29. The van der Waals surface area contributed by atoms with Gasteiger partial charge in [-0.2, -0.15) is 0 Å². The summed E-state index contributed by atoms with van der Waals surface area (Å²) in [6.45, 7) is 1.09. The first-order chi connectivity index (χ1) is 9.60. The second-order valence-corrected chi connectivity index (χ2v) is 4.93.